The molecule has 0 atom stereocenters. The van der Waals surface area contributed by atoms with E-state index in [1.165, 1.54) is 11.5 Å². The van der Waals surface area contributed by atoms with Gasteiger partial charge in [-0.25, -0.2) is 0 Å². The predicted molar refractivity (Wildman–Crippen MR) is 81.2 cm³/mol. The Hall–Kier alpha value is -0.300. The molecule has 1 saturated carbocycles. The van der Waals surface area contributed by atoms with Crippen molar-refractivity contribution in [3.63, 3.8) is 0 Å². The first-order valence-electron chi connectivity index (χ1n) is 7.55. The summed E-state index contributed by atoms with van der Waals surface area (Å²) in [4.78, 5) is 13.3. The van der Waals surface area contributed by atoms with Crippen molar-refractivity contribution in [3.05, 3.63) is 0 Å². The maximum Gasteiger partial charge on any atom is 0.306 e. The van der Waals surface area contributed by atoms with Crippen LogP contribution in [0.5, 0.6) is 0 Å². The van der Waals surface area contributed by atoms with E-state index in [4.69, 9.17) is 5.11 Å². The van der Waals surface area contributed by atoms with Crippen LogP contribution in [-0.2, 0) is 4.79 Å². The molecule has 3 N–H and O–H groups in total. The number of carboxylic acid groups (broad SMARTS) is 1. The molecule has 1 aliphatic carbocycles. The number of carbonyl (C=O) groups is 1. The van der Waals surface area contributed by atoms with Crippen LogP contribution < -0.4 is 5.32 Å². The van der Waals surface area contributed by atoms with Gasteiger partial charge in [0, 0.05) is 44.2 Å². The predicted octanol–water partition coefficient (Wildman–Crippen LogP) is 0.631. The first-order valence-corrected chi connectivity index (χ1v) is 8.71. The van der Waals surface area contributed by atoms with Crippen molar-refractivity contribution in [2.45, 2.75) is 31.3 Å². The number of nitrogens with zero attached hydrogens (tertiary/aromatic N) is 1. The van der Waals surface area contributed by atoms with Gasteiger partial charge in [-0.3, -0.25) is 4.79 Å². The second-order valence-corrected chi connectivity index (χ2v) is 7.19. The molecule has 0 aromatic carbocycles. The SMILES string of the molecule is O=C(O)C1CCC(O)(CNCCN2CCSCC2)CC1. The summed E-state index contributed by atoms with van der Waals surface area (Å²) in [5.74, 6) is 1.46. The third-order valence-corrected chi connectivity index (χ3v) is 5.37. The summed E-state index contributed by atoms with van der Waals surface area (Å²) >= 11 is 2.01. The zero-order valence-electron chi connectivity index (χ0n) is 12.0. The van der Waals surface area contributed by atoms with Crippen molar-refractivity contribution in [1.29, 1.82) is 0 Å². The van der Waals surface area contributed by atoms with Crippen LogP contribution in [0.15, 0.2) is 0 Å². The van der Waals surface area contributed by atoms with Crippen LogP contribution in [0.2, 0.25) is 0 Å². The Morgan fingerprint density at radius 3 is 2.55 bits per heavy atom. The third kappa shape index (κ3) is 4.91. The highest BCUT2D eigenvalue weighted by molar-refractivity contribution is 7.99. The van der Waals surface area contributed by atoms with E-state index in [0.717, 1.165) is 26.2 Å². The molecule has 116 valence electrons. The zero-order valence-corrected chi connectivity index (χ0v) is 12.8. The molecule has 0 radical (unpaired) electrons. The van der Waals surface area contributed by atoms with E-state index in [9.17, 15) is 9.90 Å². The number of carboxylic acids is 1. The van der Waals surface area contributed by atoms with Crippen LogP contribution in [0, 0.1) is 5.92 Å². The van der Waals surface area contributed by atoms with Gasteiger partial charge in [-0.1, -0.05) is 0 Å². The van der Waals surface area contributed by atoms with Gasteiger partial charge in [-0.2, -0.15) is 11.8 Å². The molecule has 0 amide bonds. The molecular weight excluding hydrogens is 276 g/mol. The molecular formula is C14H26N2O3S. The summed E-state index contributed by atoms with van der Waals surface area (Å²) in [6, 6.07) is 0. The molecule has 5 nitrogen and oxygen atoms in total. The van der Waals surface area contributed by atoms with E-state index >= 15 is 0 Å². The van der Waals surface area contributed by atoms with Crippen LogP contribution in [0.1, 0.15) is 25.7 Å². The largest absolute Gasteiger partial charge is 0.481 e. The Morgan fingerprint density at radius 2 is 1.95 bits per heavy atom. The third-order valence-electron chi connectivity index (χ3n) is 4.43. The minimum absolute atomic E-state index is 0.263. The lowest BCUT2D eigenvalue weighted by Gasteiger charge is -2.35. The van der Waals surface area contributed by atoms with Crippen molar-refractivity contribution >= 4 is 17.7 Å². The van der Waals surface area contributed by atoms with Crippen molar-refractivity contribution < 1.29 is 15.0 Å². The van der Waals surface area contributed by atoms with Gasteiger partial charge in [-0.05, 0) is 25.7 Å². The van der Waals surface area contributed by atoms with Gasteiger partial charge in [0.15, 0.2) is 0 Å². The molecule has 0 unspecified atom stereocenters. The number of rotatable bonds is 6. The highest BCUT2D eigenvalue weighted by Gasteiger charge is 2.35. The number of aliphatic carboxylic acids is 1. The van der Waals surface area contributed by atoms with E-state index in [1.807, 2.05) is 11.8 Å². The molecule has 20 heavy (non-hydrogen) atoms. The second-order valence-electron chi connectivity index (χ2n) is 5.97. The summed E-state index contributed by atoms with van der Waals surface area (Å²) < 4.78 is 0. The van der Waals surface area contributed by atoms with Crippen molar-refractivity contribution in [3.8, 4) is 0 Å². The van der Waals surface area contributed by atoms with E-state index in [2.05, 4.69) is 10.2 Å². The fourth-order valence-electron chi connectivity index (χ4n) is 2.96. The summed E-state index contributed by atoms with van der Waals surface area (Å²) in [6.07, 6.45) is 2.38. The fourth-order valence-corrected chi connectivity index (χ4v) is 3.94. The maximum absolute atomic E-state index is 10.9. The van der Waals surface area contributed by atoms with Crippen LogP contribution in [0.4, 0.5) is 0 Å². The topological polar surface area (TPSA) is 72.8 Å². The highest BCUT2D eigenvalue weighted by Crippen LogP contribution is 2.31. The van der Waals surface area contributed by atoms with E-state index < -0.39 is 11.6 Å². The molecule has 2 aliphatic rings. The Kier molecular flexibility index (Phi) is 6.14. The zero-order chi connectivity index (χ0) is 14.4. The fraction of sp³-hybridized carbons (Fsp3) is 0.929. The molecule has 1 saturated heterocycles. The Labute approximate surface area is 125 Å². The summed E-state index contributed by atoms with van der Waals surface area (Å²) in [6.45, 7) is 4.85. The lowest BCUT2D eigenvalue weighted by atomic mass is 9.79. The molecule has 0 spiro atoms. The molecule has 2 fully saturated rings. The molecule has 0 aromatic rings. The van der Waals surface area contributed by atoms with E-state index in [0.29, 0.717) is 32.2 Å². The normalized spacial score (nSPS) is 32.1. The van der Waals surface area contributed by atoms with Crippen molar-refractivity contribution in [2.75, 3.05) is 44.2 Å². The minimum atomic E-state index is -0.719. The smallest absolute Gasteiger partial charge is 0.306 e. The maximum atomic E-state index is 10.9. The minimum Gasteiger partial charge on any atom is -0.481 e. The van der Waals surface area contributed by atoms with Gasteiger partial charge < -0.3 is 20.4 Å². The number of aliphatic hydroxyl groups is 1. The second kappa shape index (κ2) is 7.64. The molecule has 1 aliphatic heterocycles. The number of nitrogens with one attached hydrogen (secondary N) is 1. The molecule has 6 heteroatoms. The molecule has 1 heterocycles. The molecule has 0 aromatic heterocycles. The average molecular weight is 302 g/mol. The van der Waals surface area contributed by atoms with Gasteiger partial charge >= 0.3 is 5.97 Å². The lowest BCUT2D eigenvalue weighted by molar-refractivity contribution is -0.144. The Morgan fingerprint density at radius 1 is 1.30 bits per heavy atom. The number of hydrogen-bond acceptors (Lipinski definition) is 5. The molecule has 0 bridgehead atoms. The van der Waals surface area contributed by atoms with E-state index in [-0.39, 0.29) is 5.92 Å². The van der Waals surface area contributed by atoms with E-state index in [1.54, 1.807) is 0 Å². The van der Waals surface area contributed by atoms with Crippen molar-refractivity contribution in [2.24, 2.45) is 5.92 Å². The number of hydrogen-bond donors (Lipinski definition) is 3. The monoisotopic (exact) mass is 302 g/mol. The lowest BCUT2D eigenvalue weighted by Crippen LogP contribution is -2.46. The van der Waals surface area contributed by atoms with Gasteiger partial charge in [0.25, 0.3) is 0 Å². The van der Waals surface area contributed by atoms with Crippen LogP contribution >= 0.6 is 11.8 Å². The average Bonchev–Trinajstić information content (AvgIpc) is 2.45. The van der Waals surface area contributed by atoms with Gasteiger partial charge in [0.1, 0.15) is 0 Å². The van der Waals surface area contributed by atoms with Gasteiger partial charge in [0.05, 0.1) is 11.5 Å². The first kappa shape index (κ1) is 16.1. The summed E-state index contributed by atoms with van der Waals surface area (Å²) in [7, 11) is 0. The quantitative estimate of drug-likeness (QED) is 0.625. The summed E-state index contributed by atoms with van der Waals surface area (Å²) in [5.41, 5.74) is -0.705. The Bertz CT molecular complexity index is 314. The highest BCUT2D eigenvalue weighted by atomic mass is 32.2. The van der Waals surface area contributed by atoms with Crippen molar-refractivity contribution in [1.82, 2.24) is 10.2 Å². The Balaban J connectivity index is 1.60. The standard InChI is InChI=1S/C14H26N2O3S/c17-13(18)12-1-3-14(19,4-2-12)11-15-5-6-16-7-9-20-10-8-16/h12,15,19H,1-11H2,(H,17,18). The van der Waals surface area contributed by atoms with Crippen LogP contribution in [0.3, 0.4) is 0 Å². The number of thioether (sulfide) groups is 1. The van der Waals surface area contributed by atoms with Gasteiger partial charge in [-0.15, -0.1) is 0 Å². The summed E-state index contributed by atoms with van der Waals surface area (Å²) in [5, 5.41) is 22.7. The first-order chi connectivity index (χ1) is 9.59. The molecule has 2 rings (SSSR count). The van der Waals surface area contributed by atoms with Crippen LogP contribution in [0.25, 0.3) is 0 Å². The van der Waals surface area contributed by atoms with Gasteiger partial charge in [0.2, 0.25) is 0 Å². The van der Waals surface area contributed by atoms with Crippen LogP contribution in [-0.4, -0.2) is 70.9 Å².